The molecular weight excluding hydrogens is 460 g/mol. The van der Waals surface area contributed by atoms with Gasteiger partial charge in [-0.25, -0.2) is 9.97 Å². The Balaban J connectivity index is 1.63. The first-order valence-corrected chi connectivity index (χ1v) is 12.2. The molecule has 0 bridgehead atoms. The highest BCUT2D eigenvalue weighted by Gasteiger charge is 2.18. The Hall–Kier alpha value is -4.78. The summed E-state index contributed by atoms with van der Waals surface area (Å²) in [4.78, 5) is 22.5. The first kappa shape index (κ1) is 23.9. The summed E-state index contributed by atoms with van der Waals surface area (Å²) in [6.45, 7) is 4.34. The molecule has 5 aromatic rings. The summed E-state index contributed by atoms with van der Waals surface area (Å²) < 4.78 is 1.79. The summed E-state index contributed by atoms with van der Waals surface area (Å²) in [7, 11) is 0. The zero-order valence-corrected chi connectivity index (χ0v) is 20.8. The molecule has 0 saturated carbocycles. The molecule has 7 nitrogen and oxygen atoms in total. The van der Waals surface area contributed by atoms with Crippen molar-refractivity contribution in [2.75, 3.05) is 11.1 Å². The number of pyridine rings is 1. The Bertz CT molecular complexity index is 1670. The van der Waals surface area contributed by atoms with E-state index >= 15 is 0 Å². The maximum Gasteiger partial charge on any atom is 0.263 e. The van der Waals surface area contributed by atoms with E-state index in [1.807, 2.05) is 85.8 Å². The van der Waals surface area contributed by atoms with Crippen LogP contribution in [-0.2, 0) is 13.0 Å². The van der Waals surface area contributed by atoms with Crippen molar-refractivity contribution in [3.63, 3.8) is 0 Å². The van der Waals surface area contributed by atoms with Gasteiger partial charge in [0.15, 0.2) is 0 Å². The van der Waals surface area contributed by atoms with Gasteiger partial charge < -0.3 is 11.1 Å². The monoisotopic (exact) mass is 488 g/mol. The molecular formula is C30H28N6O. The third-order valence-electron chi connectivity index (χ3n) is 6.57. The van der Waals surface area contributed by atoms with E-state index in [1.165, 1.54) is 6.33 Å². The lowest BCUT2D eigenvalue weighted by Crippen LogP contribution is -2.25. The molecule has 0 saturated heterocycles. The summed E-state index contributed by atoms with van der Waals surface area (Å²) in [5.41, 5.74) is 11.2. The molecule has 2 heterocycles. The molecule has 37 heavy (non-hydrogen) atoms. The molecule has 0 aliphatic carbocycles. The maximum atomic E-state index is 13.9. The number of nitrogens with two attached hydrogens (primary N) is 1. The molecule has 0 atom stereocenters. The first-order chi connectivity index (χ1) is 18.0. The van der Waals surface area contributed by atoms with Crippen LogP contribution in [0.25, 0.3) is 16.5 Å². The Morgan fingerprint density at radius 3 is 2.54 bits per heavy atom. The van der Waals surface area contributed by atoms with Gasteiger partial charge in [-0.3, -0.25) is 14.8 Å². The molecule has 5 rings (SSSR count). The predicted octanol–water partition coefficient (Wildman–Crippen LogP) is 5.26. The lowest BCUT2D eigenvalue weighted by atomic mass is 10.0. The largest absolute Gasteiger partial charge is 0.383 e. The third kappa shape index (κ3) is 4.47. The van der Waals surface area contributed by atoms with Crippen LogP contribution in [0.3, 0.4) is 0 Å². The molecule has 0 radical (unpaired) electrons. The zero-order chi connectivity index (χ0) is 25.9. The van der Waals surface area contributed by atoms with E-state index in [4.69, 9.17) is 11.1 Å². The molecule has 7 heteroatoms. The van der Waals surface area contributed by atoms with E-state index in [1.54, 1.807) is 4.57 Å². The predicted molar refractivity (Wildman–Crippen MR) is 150 cm³/mol. The molecule has 0 amide bonds. The highest BCUT2D eigenvalue weighted by molar-refractivity contribution is 6.16. The fraction of sp³-hybridized carbons (Fsp3) is 0.133. The number of anilines is 2. The van der Waals surface area contributed by atoms with Gasteiger partial charge in [-0.05, 0) is 42.0 Å². The number of aryl methyl sites for hydroxylation is 2. The Labute approximate surface area is 215 Å². The van der Waals surface area contributed by atoms with Crippen molar-refractivity contribution in [3.05, 3.63) is 123 Å². The van der Waals surface area contributed by atoms with Crippen molar-refractivity contribution in [1.82, 2.24) is 14.5 Å². The number of rotatable bonds is 7. The SMILES string of the molecule is CCc1ccccc1-n1c(CNc2ncnc(N)c2C(=N)c2ccccc2)cc2cccc(C)c2c1=O. The van der Waals surface area contributed by atoms with E-state index < -0.39 is 0 Å². The maximum absolute atomic E-state index is 13.9. The van der Waals surface area contributed by atoms with E-state index in [0.717, 1.165) is 34.3 Å². The Kier molecular flexibility index (Phi) is 6.51. The number of hydrogen-bond acceptors (Lipinski definition) is 6. The van der Waals surface area contributed by atoms with Gasteiger partial charge in [-0.2, -0.15) is 0 Å². The Morgan fingerprint density at radius 1 is 1.00 bits per heavy atom. The average molecular weight is 489 g/mol. The topological polar surface area (TPSA) is 110 Å². The minimum Gasteiger partial charge on any atom is -0.383 e. The summed E-state index contributed by atoms with van der Waals surface area (Å²) >= 11 is 0. The molecule has 184 valence electrons. The molecule has 4 N–H and O–H groups in total. The summed E-state index contributed by atoms with van der Waals surface area (Å²) in [5, 5.41) is 13.7. The number of nitrogen functional groups attached to an aromatic ring is 1. The van der Waals surface area contributed by atoms with Crippen LogP contribution < -0.4 is 16.6 Å². The van der Waals surface area contributed by atoms with Crippen molar-refractivity contribution < 1.29 is 0 Å². The zero-order valence-electron chi connectivity index (χ0n) is 20.8. The summed E-state index contributed by atoms with van der Waals surface area (Å²) in [5.74, 6) is 0.655. The number of hydrogen-bond donors (Lipinski definition) is 3. The standard InChI is InChI=1S/C30H28N6O/c1-3-20-11-7-8-15-24(20)36-23(16-22-14-9-10-19(2)25(22)30(36)37)17-33-29-26(28(32)34-18-35-29)27(31)21-12-5-4-6-13-21/h4-16,18,31H,3,17H2,1-2H3,(H3,32,33,34,35). The summed E-state index contributed by atoms with van der Waals surface area (Å²) in [6.07, 6.45) is 2.17. The van der Waals surface area contributed by atoms with E-state index in [9.17, 15) is 4.79 Å². The third-order valence-corrected chi connectivity index (χ3v) is 6.57. The van der Waals surface area contributed by atoms with Gasteiger partial charge in [0.05, 0.1) is 28.9 Å². The minimum absolute atomic E-state index is 0.0623. The van der Waals surface area contributed by atoms with Crippen molar-refractivity contribution in [2.45, 2.75) is 26.8 Å². The van der Waals surface area contributed by atoms with Crippen LogP contribution in [0, 0.1) is 12.3 Å². The van der Waals surface area contributed by atoms with Gasteiger partial charge >= 0.3 is 0 Å². The van der Waals surface area contributed by atoms with Gasteiger partial charge in [0.25, 0.3) is 5.56 Å². The second-order valence-corrected chi connectivity index (χ2v) is 8.87. The van der Waals surface area contributed by atoms with Gasteiger partial charge in [0.2, 0.25) is 0 Å². The fourth-order valence-electron chi connectivity index (χ4n) is 4.71. The molecule has 0 aliphatic heterocycles. The van der Waals surface area contributed by atoms with Crippen molar-refractivity contribution in [1.29, 1.82) is 5.41 Å². The number of benzene rings is 3. The first-order valence-electron chi connectivity index (χ1n) is 12.2. The van der Waals surface area contributed by atoms with Crippen LogP contribution in [0.1, 0.15) is 34.9 Å². The number of fused-ring (bicyclic) bond motifs is 1. The molecule has 2 aromatic heterocycles. The minimum atomic E-state index is -0.0623. The van der Waals surface area contributed by atoms with Crippen LogP contribution in [-0.4, -0.2) is 20.2 Å². The second kappa shape index (κ2) is 10.1. The quantitative estimate of drug-likeness (QED) is 0.271. The second-order valence-electron chi connectivity index (χ2n) is 8.87. The molecule has 0 aliphatic rings. The van der Waals surface area contributed by atoms with Gasteiger partial charge in [0, 0.05) is 11.3 Å². The number of nitrogens with zero attached hydrogens (tertiary/aromatic N) is 3. The Morgan fingerprint density at radius 2 is 1.76 bits per heavy atom. The number of nitrogens with one attached hydrogen (secondary N) is 2. The van der Waals surface area contributed by atoms with Crippen LogP contribution in [0.5, 0.6) is 0 Å². The molecule has 0 unspecified atom stereocenters. The van der Waals surface area contributed by atoms with Crippen molar-refractivity contribution in [3.8, 4) is 5.69 Å². The van der Waals surface area contributed by atoms with Gasteiger partial charge in [-0.1, -0.05) is 73.7 Å². The normalized spacial score (nSPS) is 11.0. The van der Waals surface area contributed by atoms with E-state index in [-0.39, 0.29) is 17.1 Å². The molecule has 0 fully saturated rings. The van der Waals surface area contributed by atoms with Crippen molar-refractivity contribution >= 4 is 28.1 Å². The van der Waals surface area contributed by atoms with Crippen LogP contribution in [0.4, 0.5) is 11.6 Å². The molecule has 3 aromatic carbocycles. The molecule has 0 spiro atoms. The number of para-hydroxylation sites is 1. The van der Waals surface area contributed by atoms with Gasteiger partial charge in [0.1, 0.15) is 18.0 Å². The smallest absolute Gasteiger partial charge is 0.263 e. The fourth-order valence-corrected chi connectivity index (χ4v) is 4.71. The van der Waals surface area contributed by atoms with Crippen molar-refractivity contribution in [2.24, 2.45) is 0 Å². The highest BCUT2D eigenvalue weighted by Crippen LogP contribution is 2.25. The van der Waals surface area contributed by atoms with E-state index in [2.05, 4.69) is 22.2 Å². The van der Waals surface area contributed by atoms with Gasteiger partial charge in [-0.15, -0.1) is 0 Å². The van der Waals surface area contributed by atoms with Crippen LogP contribution in [0.15, 0.2) is 90.0 Å². The van der Waals surface area contributed by atoms with Crippen LogP contribution >= 0.6 is 0 Å². The van der Waals surface area contributed by atoms with Crippen LogP contribution in [0.2, 0.25) is 0 Å². The average Bonchev–Trinajstić information content (AvgIpc) is 2.92. The lowest BCUT2D eigenvalue weighted by Gasteiger charge is -2.19. The number of aromatic nitrogens is 3. The summed E-state index contributed by atoms with van der Waals surface area (Å²) in [6, 6.07) is 25.2. The lowest BCUT2D eigenvalue weighted by molar-refractivity contribution is 0.874. The van der Waals surface area contributed by atoms with E-state index in [0.29, 0.717) is 28.9 Å². The highest BCUT2D eigenvalue weighted by atomic mass is 16.1.